The van der Waals surface area contributed by atoms with Crippen molar-refractivity contribution in [1.82, 2.24) is 0 Å². The summed E-state index contributed by atoms with van der Waals surface area (Å²) in [6.07, 6.45) is 35.5. The van der Waals surface area contributed by atoms with Crippen LogP contribution >= 0.6 is 0 Å². The Balaban J connectivity index is 2.11. The molecule has 0 saturated heterocycles. The molecule has 0 N–H and O–H groups in total. The summed E-state index contributed by atoms with van der Waals surface area (Å²) in [6.45, 7) is 4.62. The Kier molecular flexibility index (Phi) is 15.4. The molecule has 0 heteroatoms. The Hall–Kier alpha value is -0.260. The summed E-state index contributed by atoms with van der Waals surface area (Å²) in [5.74, 6) is 0. The van der Waals surface area contributed by atoms with E-state index in [0.29, 0.717) is 5.41 Å². The number of allylic oxidation sites excluding steroid dienone is 2. The number of hydrogen-bond donors (Lipinski definition) is 0. The van der Waals surface area contributed by atoms with Crippen molar-refractivity contribution < 1.29 is 0 Å². The molecule has 0 fully saturated rings. The van der Waals surface area contributed by atoms with E-state index in [4.69, 9.17) is 0 Å². The zero-order valence-electron chi connectivity index (χ0n) is 18.5. The Labute approximate surface area is 166 Å². The van der Waals surface area contributed by atoms with E-state index in [0.717, 1.165) is 0 Å². The third kappa shape index (κ3) is 12.2. The molecule has 1 aliphatic carbocycles. The van der Waals surface area contributed by atoms with Crippen LogP contribution in [-0.4, -0.2) is 0 Å². The summed E-state index contributed by atoms with van der Waals surface area (Å²) in [4.78, 5) is 0. The second-order valence-corrected chi connectivity index (χ2v) is 9.11. The van der Waals surface area contributed by atoms with Crippen LogP contribution in [0.5, 0.6) is 0 Å². The van der Waals surface area contributed by atoms with Gasteiger partial charge in [0.1, 0.15) is 0 Å². The molecule has 0 radical (unpaired) electrons. The van der Waals surface area contributed by atoms with Crippen LogP contribution in [0.25, 0.3) is 0 Å². The van der Waals surface area contributed by atoms with Gasteiger partial charge in [-0.2, -0.15) is 0 Å². The van der Waals surface area contributed by atoms with Gasteiger partial charge >= 0.3 is 0 Å². The lowest BCUT2D eigenvalue weighted by atomic mass is 9.71. The smallest absolute Gasteiger partial charge is 0.0118 e. The molecule has 0 nitrogen and oxygen atoms in total. The minimum absolute atomic E-state index is 0.586. The maximum absolute atomic E-state index is 2.64. The van der Waals surface area contributed by atoms with Gasteiger partial charge in [-0.25, -0.2) is 0 Å². The fraction of sp³-hybridized carbons (Fsp3) is 0.923. The maximum Gasteiger partial charge on any atom is -0.0118 e. The average molecular weight is 363 g/mol. The summed E-state index contributed by atoms with van der Waals surface area (Å²) in [7, 11) is 0. The molecule has 0 heterocycles. The normalized spacial score (nSPS) is 16.2. The summed E-state index contributed by atoms with van der Waals surface area (Å²) < 4.78 is 0. The second-order valence-electron chi connectivity index (χ2n) is 9.11. The molecule has 1 aliphatic rings. The van der Waals surface area contributed by atoms with E-state index in [1.54, 1.807) is 0 Å². The first-order valence-corrected chi connectivity index (χ1v) is 12.5. The largest absolute Gasteiger partial charge is 0.0880 e. The third-order valence-electron chi connectivity index (χ3n) is 6.57. The molecule has 0 bridgehead atoms. The molecule has 0 aliphatic heterocycles. The molecule has 0 aromatic carbocycles. The van der Waals surface area contributed by atoms with E-state index >= 15 is 0 Å². The van der Waals surface area contributed by atoms with Gasteiger partial charge in [-0.15, -0.1) is 0 Å². The minimum Gasteiger partial charge on any atom is -0.0880 e. The zero-order valence-corrected chi connectivity index (χ0v) is 18.5. The molecule has 0 aromatic rings. The maximum atomic E-state index is 2.64. The van der Waals surface area contributed by atoms with Crippen molar-refractivity contribution >= 4 is 0 Å². The lowest BCUT2D eigenvalue weighted by Gasteiger charge is -2.34. The predicted octanol–water partition coefficient (Wildman–Crippen LogP) is 9.77. The highest BCUT2D eigenvalue weighted by atomic mass is 14.3. The van der Waals surface area contributed by atoms with E-state index in [9.17, 15) is 0 Å². The van der Waals surface area contributed by atoms with Crippen molar-refractivity contribution in [2.24, 2.45) is 5.41 Å². The summed E-state index contributed by atoms with van der Waals surface area (Å²) in [5, 5.41) is 0. The SMILES string of the molecule is CCCCCCCCCCC1(CCCCCCCCCC)C=CCCC1. The van der Waals surface area contributed by atoms with Gasteiger partial charge < -0.3 is 0 Å². The Morgan fingerprint density at radius 3 is 1.38 bits per heavy atom. The van der Waals surface area contributed by atoms with E-state index in [-0.39, 0.29) is 0 Å². The average Bonchev–Trinajstić information content (AvgIpc) is 2.67. The molecule has 154 valence electrons. The summed E-state index contributed by atoms with van der Waals surface area (Å²) in [5.41, 5.74) is 0.586. The van der Waals surface area contributed by atoms with Crippen LogP contribution in [0.15, 0.2) is 12.2 Å². The molecule has 0 unspecified atom stereocenters. The van der Waals surface area contributed by atoms with Crippen molar-refractivity contribution in [3.05, 3.63) is 12.2 Å². The van der Waals surface area contributed by atoms with Crippen LogP contribution in [0.1, 0.15) is 149 Å². The van der Waals surface area contributed by atoms with Gasteiger partial charge in [-0.3, -0.25) is 0 Å². The molecule has 0 spiro atoms. The molecule has 0 saturated carbocycles. The fourth-order valence-electron chi connectivity index (χ4n) is 4.75. The van der Waals surface area contributed by atoms with E-state index in [1.807, 2.05) is 0 Å². The second kappa shape index (κ2) is 16.9. The highest BCUT2D eigenvalue weighted by Gasteiger charge is 2.27. The Bertz CT molecular complexity index is 294. The molecular formula is C26H50. The van der Waals surface area contributed by atoms with Crippen LogP contribution in [-0.2, 0) is 0 Å². The highest BCUT2D eigenvalue weighted by Crippen LogP contribution is 2.41. The highest BCUT2D eigenvalue weighted by molar-refractivity contribution is 5.03. The van der Waals surface area contributed by atoms with Gasteiger partial charge in [-0.05, 0) is 37.5 Å². The predicted molar refractivity (Wildman–Crippen MR) is 120 cm³/mol. The lowest BCUT2D eigenvalue weighted by molar-refractivity contribution is 0.259. The van der Waals surface area contributed by atoms with Gasteiger partial charge in [0.15, 0.2) is 0 Å². The van der Waals surface area contributed by atoms with Crippen molar-refractivity contribution in [2.75, 3.05) is 0 Å². The standard InChI is InChI=1S/C26H50/c1-3-5-7-9-11-13-15-18-22-26(24-20-17-21-25-26)23-19-16-14-12-10-8-6-4-2/h20,24H,3-19,21-23,25H2,1-2H3. The van der Waals surface area contributed by atoms with Crippen LogP contribution in [0.3, 0.4) is 0 Å². The Morgan fingerprint density at radius 1 is 0.577 bits per heavy atom. The molecule has 0 aromatic heterocycles. The lowest BCUT2D eigenvalue weighted by Crippen LogP contribution is -2.20. The first-order chi connectivity index (χ1) is 12.8. The summed E-state index contributed by atoms with van der Waals surface area (Å²) >= 11 is 0. The molecule has 1 rings (SSSR count). The van der Waals surface area contributed by atoms with Crippen LogP contribution in [0, 0.1) is 5.41 Å². The number of unbranched alkanes of at least 4 members (excludes halogenated alkanes) is 14. The molecule has 26 heavy (non-hydrogen) atoms. The van der Waals surface area contributed by atoms with Crippen molar-refractivity contribution in [3.63, 3.8) is 0 Å². The van der Waals surface area contributed by atoms with Crippen LogP contribution in [0.2, 0.25) is 0 Å². The van der Waals surface area contributed by atoms with Gasteiger partial charge in [0.2, 0.25) is 0 Å². The van der Waals surface area contributed by atoms with Crippen LogP contribution < -0.4 is 0 Å². The van der Waals surface area contributed by atoms with Crippen molar-refractivity contribution in [1.29, 1.82) is 0 Å². The van der Waals surface area contributed by atoms with Gasteiger partial charge in [0.25, 0.3) is 0 Å². The molecule has 0 amide bonds. The number of hydrogen-bond acceptors (Lipinski definition) is 0. The van der Waals surface area contributed by atoms with Gasteiger partial charge in [-0.1, -0.05) is 129 Å². The molecule has 0 atom stereocenters. The molecular weight excluding hydrogens is 312 g/mol. The third-order valence-corrected chi connectivity index (χ3v) is 6.57. The first-order valence-electron chi connectivity index (χ1n) is 12.5. The summed E-state index contributed by atoms with van der Waals surface area (Å²) in [6, 6.07) is 0. The van der Waals surface area contributed by atoms with Gasteiger partial charge in [0, 0.05) is 0 Å². The quantitative estimate of drug-likeness (QED) is 0.168. The first kappa shape index (κ1) is 23.8. The Morgan fingerprint density at radius 2 is 1.00 bits per heavy atom. The van der Waals surface area contributed by atoms with Crippen molar-refractivity contribution in [2.45, 2.75) is 149 Å². The van der Waals surface area contributed by atoms with Crippen LogP contribution in [0.4, 0.5) is 0 Å². The van der Waals surface area contributed by atoms with Crippen molar-refractivity contribution in [3.8, 4) is 0 Å². The topological polar surface area (TPSA) is 0 Å². The van der Waals surface area contributed by atoms with E-state index in [2.05, 4.69) is 26.0 Å². The van der Waals surface area contributed by atoms with E-state index in [1.165, 1.54) is 135 Å². The van der Waals surface area contributed by atoms with E-state index < -0.39 is 0 Å². The fourth-order valence-corrected chi connectivity index (χ4v) is 4.75. The minimum atomic E-state index is 0.586. The monoisotopic (exact) mass is 362 g/mol. The van der Waals surface area contributed by atoms with Gasteiger partial charge in [0.05, 0.1) is 0 Å². The number of rotatable bonds is 18. The zero-order chi connectivity index (χ0) is 18.8.